The summed E-state index contributed by atoms with van der Waals surface area (Å²) in [5, 5.41) is 0. The molecule has 0 aliphatic carbocycles. The van der Waals surface area contributed by atoms with Crippen LogP contribution in [0.4, 0.5) is 0 Å². The number of rotatable bonds is 10. The maximum atomic E-state index is 12.8. The Bertz CT molecular complexity index is 1140. The van der Waals surface area contributed by atoms with Crippen LogP contribution < -0.4 is 5.73 Å². The molecule has 35 heavy (non-hydrogen) atoms. The Morgan fingerprint density at radius 2 is 1.71 bits per heavy atom. The fourth-order valence-corrected chi connectivity index (χ4v) is 6.34. The quantitative estimate of drug-likeness (QED) is 0.544. The van der Waals surface area contributed by atoms with Gasteiger partial charge in [-0.1, -0.05) is 42.5 Å². The number of fused-ring (bicyclic) bond motifs is 2. The number of nitrogens with two attached hydrogens (primary N) is 1. The third-order valence-electron chi connectivity index (χ3n) is 7.33. The first kappa shape index (κ1) is 25.4. The number of primary amides is 1. The van der Waals surface area contributed by atoms with Crippen molar-refractivity contribution in [2.75, 3.05) is 25.1 Å². The molecule has 2 heterocycles. The summed E-state index contributed by atoms with van der Waals surface area (Å²) in [6, 6.07) is 18.4. The Balaban J connectivity index is 1.36. The Hall–Kier alpha value is -2.71. The summed E-state index contributed by atoms with van der Waals surface area (Å²) in [4.78, 5) is 28.6. The Kier molecular flexibility index (Phi) is 7.91. The predicted octanol–water partition coefficient (Wildman–Crippen LogP) is 2.96. The number of amides is 2. The fourth-order valence-electron chi connectivity index (χ4n) is 5.71. The second-order valence-corrected chi connectivity index (χ2v) is 12.1. The minimum atomic E-state index is -3.39. The van der Waals surface area contributed by atoms with Crippen LogP contribution in [0, 0.1) is 0 Å². The SMILES string of the molecule is CS(=O)(=O)CC(=O)N(CCCN1[C@@H]2CC[C@H]1CC(c1cccc(C(N)=O)c1)C2)Cc1ccccc1. The van der Waals surface area contributed by atoms with E-state index < -0.39 is 21.5 Å². The van der Waals surface area contributed by atoms with E-state index in [4.69, 9.17) is 5.73 Å². The molecule has 7 nitrogen and oxygen atoms in total. The number of hydrogen-bond acceptors (Lipinski definition) is 5. The maximum Gasteiger partial charge on any atom is 0.248 e. The highest BCUT2D eigenvalue weighted by molar-refractivity contribution is 7.91. The molecule has 2 aliphatic heterocycles. The lowest BCUT2D eigenvalue weighted by molar-refractivity contribution is -0.129. The number of benzene rings is 2. The first-order valence-electron chi connectivity index (χ1n) is 12.3. The van der Waals surface area contributed by atoms with Gasteiger partial charge in [0.1, 0.15) is 5.75 Å². The van der Waals surface area contributed by atoms with Crippen molar-refractivity contribution in [2.24, 2.45) is 5.73 Å². The van der Waals surface area contributed by atoms with Gasteiger partial charge in [-0.2, -0.15) is 0 Å². The summed E-state index contributed by atoms with van der Waals surface area (Å²) >= 11 is 0. The van der Waals surface area contributed by atoms with Crippen LogP contribution in [0.15, 0.2) is 54.6 Å². The molecule has 0 saturated carbocycles. The highest BCUT2D eigenvalue weighted by Crippen LogP contribution is 2.43. The second kappa shape index (κ2) is 10.9. The molecule has 2 fully saturated rings. The zero-order valence-electron chi connectivity index (χ0n) is 20.3. The zero-order valence-corrected chi connectivity index (χ0v) is 21.1. The van der Waals surface area contributed by atoms with Crippen molar-refractivity contribution < 1.29 is 18.0 Å². The summed E-state index contributed by atoms with van der Waals surface area (Å²) in [5.41, 5.74) is 8.23. The van der Waals surface area contributed by atoms with Crippen LogP contribution >= 0.6 is 0 Å². The lowest BCUT2D eigenvalue weighted by Crippen LogP contribution is -2.44. The Labute approximate surface area is 208 Å². The van der Waals surface area contributed by atoms with Crippen LogP contribution in [-0.4, -0.2) is 67.2 Å². The molecular weight excluding hydrogens is 462 g/mol. The van der Waals surface area contributed by atoms with E-state index in [0.29, 0.717) is 36.7 Å². The molecule has 1 unspecified atom stereocenters. The number of sulfone groups is 1. The number of nitrogens with zero attached hydrogens (tertiary/aromatic N) is 2. The number of piperidine rings is 1. The van der Waals surface area contributed by atoms with Gasteiger partial charge in [-0.05, 0) is 61.3 Å². The zero-order chi connectivity index (χ0) is 25.0. The van der Waals surface area contributed by atoms with Crippen LogP contribution in [0.2, 0.25) is 0 Å². The van der Waals surface area contributed by atoms with Crippen molar-refractivity contribution in [1.29, 1.82) is 0 Å². The van der Waals surface area contributed by atoms with E-state index in [1.165, 1.54) is 5.56 Å². The van der Waals surface area contributed by atoms with E-state index >= 15 is 0 Å². The molecule has 0 radical (unpaired) electrons. The molecule has 3 atom stereocenters. The maximum absolute atomic E-state index is 12.8. The normalized spacial score (nSPS) is 22.1. The van der Waals surface area contributed by atoms with Gasteiger partial charge >= 0.3 is 0 Å². The van der Waals surface area contributed by atoms with Crippen molar-refractivity contribution in [3.8, 4) is 0 Å². The van der Waals surface area contributed by atoms with Gasteiger partial charge < -0.3 is 10.6 Å². The van der Waals surface area contributed by atoms with E-state index in [2.05, 4.69) is 11.0 Å². The van der Waals surface area contributed by atoms with E-state index in [1.807, 2.05) is 42.5 Å². The molecule has 2 aromatic rings. The highest BCUT2D eigenvalue weighted by atomic mass is 32.2. The third kappa shape index (κ3) is 6.70. The molecule has 2 aromatic carbocycles. The van der Waals surface area contributed by atoms with Crippen LogP contribution in [0.25, 0.3) is 0 Å². The van der Waals surface area contributed by atoms with Gasteiger partial charge in [0.25, 0.3) is 0 Å². The summed E-state index contributed by atoms with van der Waals surface area (Å²) < 4.78 is 23.5. The fraction of sp³-hybridized carbons (Fsp3) is 0.481. The van der Waals surface area contributed by atoms with Gasteiger partial charge in [-0.15, -0.1) is 0 Å². The van der Waals surface area contributed by atoms with Crippen LogP contribution in [-0.2, 0) is 21.2 Å². The predicted molar refractivity (Wildman–Crippen MR) is 137 cm³/mol. The van der Waals surface area contributed by atoms with Gasteiger partial charge in [0.15, 0.2) is 9.84 Å². The molecule has 2 amide bonds. The first-order chi connectivity index (χ1) is 16.7. The largest absolute Gasteiger partial charge is 0.366 e. The second-order valence-electron chi connectivity index (χ2n) is 10.0. The highest BCUT2D eigenvalue weighted by Gasteiger charge is 2.40. The average Bonchev–Trinajstić information content (AvgIpc) is 3.04. The minimum absolute atomic E-state index is 0.340. The Morgan fingerprint density at radius 3 is 2.34 bits per heavy atom. The minimum Gasteiger partial charge on any atom is -0.366 e. The molecular formula is C27H35N3O4S. The van der Waals surface area contributed by atoms with Crippen LogP contribution in [0.3, 0.4) is 0 Å². The third-order valence-corrected chi connectivity index (χ3v) is 8.10. The van der Waals surface area contributed by atoms with E-state index in [9.17, 15) is 18.0 Å². The molecule has 0 aromatic heterocycles. The molecule has 2 bridgehead atoms. The number of carbonyl (C=O) groups excluding carboxylic acids is 2. The summed E-state index contributed by atoms with van der Waals surface area (Å²) in [6.07, 6.45) is 6.34. The van der Waals surface area contributed by atoms with E-state index in [-0.39, 0.29) is 5.91 Å². The topological polar surface area (TPSA) is 101 Å². The summed E-state index contributed by atoms with van der Waals surface area (Å²) in [7, 11) is -3.39. The van der Waals surface area contributed by atoms with Crippen molar-refractivity contribution >= 4 is 21.7 Å². The molecule has 2 aliphatic rings. The lowest BCUT2D eigenvalue weighted by atomic mass is 9.84. The lowest BCUT2D eigenvalue weighted by Gasteiger charge is -2.39. The van der Waals surface area contributed by atoms with Crippen LogP contribution in [0.1, 0.15) is 59.5 Å². The number of hydrogen-bond donors (Lipinski definition) is 1. The molecule has 8 heteroatoms. The van der Waals surface area contributed by atoms with Gasteiger partial charge in [0.2, 0.25) is 11.8 Å². The van der Waals surface area contributed by atoms with Gasteiger partial charge in [0.05, 0.1) is 0 Å². The summed E-state index contributed by atoms with van der Waals surface area (Å²) in [6.45, 7) is 1.84. The molecule has 0 spiro atoms. The average molecular weight is 498 g/mol. The van der Waals surface area contributed by atoms with Crippen molar-refractivity contribution in [3.63, 3.8) is 0 Å². The van der Waals surface area contributed by atoms with Crippen molar-refractivity contribution in [1.82, 2.24) is 9.80 Å². The standard InChI is InChI=1S/C27H35N3O4S/c1-35(33,34)19-26(31)29(18-20-7-3-2-4-8-20)13-6-14-30-24-11-12-25(30)17-23(16-24)21-9-5-10-22(15-21)27(28)32/h2-5,7-10,15,23-25H,6,11-14,16-19H2,1H3,(H2,28,32)/t23?,24-,25+. The molecule has 188 valence electrons. The number of carbonyl (C=O) groups is 2. The first-order valence-corrected chi connectivity index (χ1v) is 14.4. The van der Waals surface area contributed by atoms with E-state index in [0.717, 1.165) is 50.5 Å². The van der Waals surface area contributed by atoms with Gasteiger partial charge in [-0.3, -0.25) is 14.5 Å². The van der Waals surface area contributed by atoms with E-state index in [1.54, 1.807) is 11.0 Å². The summed E-state index contributed by atoms with van der Waals surface area (Å²) in [5.74, 6) is -0.764. The van der Waals surface area contributed by atoms with Gasteiger partial charge in [0, 0.05) is 43.5 Å². The van der Waals surface area contributed by atoms with Crippen molar-refractivity contribution in [2.45, 2.75) is 56.7 Å². The molecule has 2 saturated heterocycles. The molecule has 4 rings (SSSR count). The Morgan fingerprint density at radius 1 is 1.03 bits per heavy atom. The van der Waals surface area contributed by atoms with Crippen LogP contribution in [0.5, 0.6) is 0 Å². The van der Waals surface area contributed by atoms with Gasteiger partial charge in [-0.25, -0.2) is 8.42 Å². The molecule has 2 N–H and O–H groups in total. The van der Waals surface area contributed by atoms with Crippen molar-refractivity contribution in [3.05, 3.63) is 71.3 Å². The monoisotopic (exact) mass is 497 g/mol. The smallest absolute Gasteiger partial charge is 0.248 e.